The molecule has 1 aromatic heterocycles. The Hall–Kier alpha value is -1.33. The predicted octanol–water partition coefficient (Wildman–Crippen LogP) is 2.42. The molecule has 0 fully saturated rings. The molecule has 0 saturated carbocycles. The topological polar surface area (TPSA) is 40.7 Å². The number of aromatic nitrogens is 2. The molecular weight excluding hydrogens is 225 g/mol. The molecule has 0 aliphatic carbocycles. The molecule has 3 nitrogen and oxygen atoms in total. The molecule has 0 amide bonds. The summed E-state index contributed by atoms with van der Waals surface area (Å²) in [6.07, 6.45) is 3.37. The minimum Gasteiger partial charge on any atom is -0.339 e. The quantitative estimate of drug-likeness (QED) is 0.858. The van der Waals surface area contributed by atoms with Crippen LogP contribution in [0.1, 0.15) is 5.56 Å². The van der Waals surface area contributed by atoms with Gasteiger partial charge in [-0.2, -0.15) is 0 Å². The average Bonchev–Trinajstić information content (AvgIpc) is 2.75. The normalized spacial score (nSPS) is 10.6. The fraction of sp³-hybridized carbons (Fsp3) is 0.182. The van der Waals surface area contributed by atoms with E-state index in [1.807, 2.05) is 13.1 Å². The predicted molar refractivity (Wildman–Crippen MR) is 61.9 cm³/mol. The van der Waals surface area contributed by atoms with Crippen molar-refractivity contribution in [1.29, 1.82) is 0 Å². The number of imidazole rings is 1. The second kappa shape index (κ2) is 5.14. The summed E-state index contributed by atoms with van der Waals surface area (Å²) in [6, 6.07) is 5.22. The van der Waals surface area contributed by atoms with Crippen LogP contribution in [-0.4, -0.2) is 17.0 Å². The Morgan fingerprint density at radius 1 is 1.50 bits per heavy atom. The van der Waals surface area contributed by atoms with E-state index in [2.05, 4.69) is 15.3 Å². The number of benzene rings is 1. The van der Waals surface area contributed by atoms with E-state index >= 15 is 0 Å². The Morgan fingerprint density at radius 2 is 2.38 bits per heavy atom. The third-order valence-corrected chi connectivity index (χ3v) is 3.02. The molecule has 1 heterocycles. The van der Waals surface area contributed by atoms with Gasteiger partial charge in [-0.1, -0.05) is 6.07 Å². The number of nitrogens with one attached hydrogen (secondary N) is 2. The number of hydrogen-bond donors (Lipinski definition) is 2. The summed E-state index contributed by atoms with van der Waals surface area (Å²) in [5.74, 6) is -0.214. The second-order valence-electron chi connectivity index (χ2n) is 3.29. The molecule has 5 heteroatoms. The van der Waals surface area contributed by atoms with Crippen molar-refractivity contribution in [2.45, 2.75) is 16.6 Å². The summed E-state index contributed by atoms with van der Waals surface area (Å²) in [6.45, 7) is 0.669. The zero-order valence-electron chi connectivity index (χ0n) is 8.83. The van der Waals surface area contributed by atoms with Crippen molar-refractivity contribution < 1.29 is 4.39 Å². The lowest BCUT2D eigenvalue weighted by Gasteiger charge is -2.04. The maximum atomic E-state index is 13.7. The van der Waals surface area contributed by atoms with Gasteiger partial charge in [0.25, 0.3) is 0 Å². The van der Waals surface area contributed by atoms with E-state index in [9.17, 15) is 4.39 Å². The van der Waals surface area contributed by atoms with Gasteiger partial charge in [-0.15, -0.1) is 0 Å². The largest absolute Gasteiger partial charge is 0.339 e. The van der Waals surface area contributed by atoms with Crippen LogP contribution >= 0.6 is 11.8 Å². The third kappa shape index (κ3) is 2.62. The van der Waals surface area contributed by atoms with Gasteiger partial charge in [0.05, 0.1) is 4.90 Å². The van der Waals surface area contributed by atoms with Crippen LogP contribution in [0.15, 0.2) is 40.6 Å². The number of H-pyrrole nitrogens is 1. The Labute approximate surface area is 97.5 Å². The van der Waals surface area contributed by atoms with E-state index in [4.69, 9.17) is 0 Å². The maximum absolute atomic E-state index is 13.7. The first-order valence-corrected chi connectivity index (χ1v) is 5.71. The van der Waals surface area contributed by atoms with Gasteiger partial charge in [-0.05, 0) is 36.5 Å². The van der Waals surface area contributed by atoms with Gasteiger partial charge in [0.1, 0.15) is 5.82 Å². The molecule has 1 aromatic carbocycles. The fourth-order valence-electron chi connectivity index (χ4n) is 1.35. The van der Waals surface area contributed by atoms with Gasteiger partial charge in [-0.25, -0.2) is 9.37 Å². The smallest absolute Gasteiger partial charge is 0.170 e. The number of rotatable bonds is 4. The van der Waals surface area contributed by atoms with Gasteiger partial charge in [0.2, 0.25) is 0 Å². The van der Waals surface area contributed by atoms with E-state index in [0.29, 0.717) is 16.6 Å². The van der Waals surface area contributed by atoms with Crippen LogP contribution in [0, 0.1) is 5.82 Å². The second-order valence-corrected chi connectivity index (χ2v) is 4.32. The first-order chi connectivity index (χ1) is 7.79. The van der Waals surface area contributed by atoms with Crippen LogP contribution in [0.5, 0.6) is 0 Å². The van der Waals surface area contributed by atoms with Crippen LogP contribution in [-0.2, 0) is 6.54 Å². The van der Waals surface area contributed by atoms with E-state index < -0.39 is 0 Å². The molecule has 16 heavy (non-hydrogen) atoms. The summed E-state index contributed by atoms with van der Waals surface area (Å²) >= 11 is 1.29. The molecule has 2 rings (SSSR count). The van der Waals surface area contributed by atoms with Crippen LogP contribution in [0.3, 0.4) is 0 Å². The van der Waals surface area contributed by atoms with Crippen molar-refractivity contribution in [3.8, 4) is 0 Å². The van der Waals surface area contributed by atoms with Crippen molar-refractivity contribution in [2.24, 2.45) is 0 Å². The highest BCUT2D eigenvalue weighted by Crippen LogP contribution is 2.27. The van der Waals surface area contributed by atoms with Gasteiger partial charge in [0, 0.05) is 18.9 Å². The highest BCUT2D eigenvalue weighted by Gasteiger charge is 2.06. The Morgan fingerprint density at radius 3 is 3.00 bits per heavy atom. The molecule has 84 valence electrons. The number of halogens is 1. The van der Waals surface area contributed by atoms with Crippen molar-refractivity contribution in [3.63, 3.8) is 0 Å². The van der Waals surface area contributed by atoms with Gasteiger partial charge in [0.15, 0.2) is 5.16 Å². The Balaban J connectivity index is 2.16. The molecule has 0 atom stereocenters. The maximum Gasteiger partial charge on any atom is 0.170 e. The van der Waals surface area contributed by atoms with Gasteiger partial charge < -0.3 is 10.3 Å². The molecule has 0 radical (unpaired) electrons. The molecule has 0 unspecified atom stereocenters. The van der Waals surface area contributed by atoms with Crippen LogP contribution in [0.25, 0.3) is 0 Å². The molecule has 0 saturated heterocycles. The summed E-state index contributed by atoms with van der Waals surface area (Å²) in [5, 5.41) is 3.68. The summed E-state index contributed by atoms with van der Waals surface area (Å²) in [7, 11) is 1.84. The lowest BCUT2D eigenvalue weighted by molar-refractivity contribution is 0.598. The highest BCUT2D eigenvalue weighted by molar-refractivity contribution is 7.99. The fourth-order valence-corrected chi connectivity index (χ4v) is 2.09. The van der Waals surface area contributed by atoms with Crippen LogP contribution in [0.2, 0.25) is 0 Å². The number of hydrogen-bond acceptors (Lipinski definition) is 3. The van der Waals surface area contributed by atoms with Gasteiger partial charge in [-0.3, -0.25) is 0 Å². The van der Waals surface area contributed by atoms with E-state index in [1.165, 1.54) is 11.8 Å². The number of aromatic amines is 1. The zero-order valence-corrected chi connectivity index (χ0v) is 9.64. The molecule has 2 aromatic rings. The van der Waals surface area contributed by atoms with Crippen LogP contribution < -0.4 is 5.32 Å². The first kappa shape index (κ1) is 11.2. The molecular formula is C11H12FN3S. The van der Waals surface area contributed by atoms with Crippen molar-refractivity contribution in [1.82, 2.24) is 15.3 Å². The van der Waals surface area contributed by atoms with Crippen molar-refractivity contribution in [2.75, 3.05) is 7.05 Å². The van der Waals surface area contributed by atoms with E-state index in [1.54, 1.807) is 24.5 Å². The number of nitrogens with zero attached hydrogens (tertiary/aromatic N) is 1. The standard InChI is InChI=1S/C11H12FN3S/c1-13-7-8-2-3-10(9(12)6-8)16-11-14-4-5-15-11/h2-6,13H,7H2,1H3,(H,14,15). The van der Waals surface area contributed by atoms with E-state index in [-0.39, 0.29) is 5.82 Å². The minimum atomic E-state index is -0.214. The molecule has 2 N–H and O–H groups in total. The van der Waals surface area contributed by atoms with Crippen molar-refractivity contribution >= 4 is 11.8 Å². The SMILES string of the molecule is CNCc1ccc(Sc2ncc[nH]2)c(F)c1. The van der Waals surface area contributed by atoms with Gasteiger partial charge >= 0.3 is 0 Å². The van der Waals surface area contributed by atoms with E-state index in [0.717, 1.165) is 5.56 Å². The highest BCUT2D eigenvalue weighted by atomic mass is 32.2. The summed E-state index contributed by atoms with van der Waals surface area (Å²) in [5.41, 5.74) is 0.934. The zero-order chi connectivity index (χ0) is 11.4. The Kier molecular flexibility index (Phi) is 3.58. The summed E-state index contributed by atoms with van der Waals surface area (Å²) in [4.78, 5) is 7.54. The summed E-state index contributed by atoms with van der Waals surface area (Å²) < 4.78 is 13.7. The molecule has 0 spiro atoms. The lowest BCUT2D eigenvalue weighted by atomic mass is 10.2. The Bertz CT molecular complexity index is 456. The van der Waals surface area contributed by atoms with Crippen LogP contribution in [0.4, 0.5) is 4.39 Å². The monoisotopic (exact) mass is 237 g/mol. The third-order valence-electron chi connectivity index (χ3n) is 2.06. The lowest BCUT2D eigenvalue weighted by Crippen LogP contribution is -2.05. The average molecular weight is 237 g/mol. The molecule has 0 aliphatic rings. The minimum absolute atomic E-state index is 0.214. The molecule has 0 bridgehead atoms. The molecule has 0 aliphatic heterocycles. The first-order valence-electron chi connectivity index (χ1n) is 4.90. The van der Waals surface area contributed by atoms with Crippen molar-refractivity contribution in [3.05, 3.63) is 42.0 Å².